The van der Waals surface area contributed by atoms with Gasteiger partial charge < -0.3 is 9.52 Å². The molecule has 84 valence electrons. The molecule has 2 heterocycles. The second-order valence-electron chi connectivity index (χ2n) is 3.04. The molecular weight excluding hydrogens is 240 g/mol. The SMILES string of the molecule is O=C(O)Cc1c(Cl)oc2[nH]c(=O)[nH]c(=O)c12. The number of aromatic amines is 2. The van der Waals surface area contributed by atoms with Gasteiger partial charge in [0.15, 0.2) is 0 Å². The van der Waals surface area contributed by atoms with Crippen molar-refractivity contribution in [1.82, 2.24) is 9.97 Å². The fraction of sp³-hybridized carbons (Fsp3) is 0.125. The summed E-state index contributed by atoms with van der Waals surface area (Å²) < 4.78 is 4.89. The van der Waals surface area contributed by atoms with Crippen LogP contribution in [0.25, 0.3) is 11.1 Å². The third kappa shape index (κ3) is 1.61. The van der Waals surface area contributed by atoms with Crippen molar-refractivity contribution in [3.05, 3.63) is 31.6 Å². The average Bonchev–Trinajstić information content (AvgIpc) is 2.41. The van der Waals surface area contributed by atoms with Crippen LogP contribution in [0.2, 0.25) is 5.22 Å². The number of hydrogen-bond acceptors (Lipinski definition) is 4. The van der Waals surface area contributed by atoms with Gasteiger partial charge in [-0.25, -0.2) is 4.79 Å². The van der Waals surface area contributed by atoms with Gasteiger partial charge in [-0.05, 0) is 11.6 Å². The largest absolute Gasteiger partial charge is 0.481 e. The second-order valence-corrected chi connectivity index (χ2v) is 3.38. The van der Waals surface area contributed by atoms with E-state index < -0.39 is 23.6 Å². The van der Waals surface area contributed by atoms with Crippen LogP contribution < -0.4 is 11.2 Å². The molecule has 16 heavy (non-hydrogen) atoms. The zero-order valence-corrected chi connectivity index (χ0v) is 8.42. The summed E-state index contributed by atoms with van der Waals surface area (Å²) in [5.74, 6) is -1.16. The first-order valence-corrected chi connectivity index (χ1v) is 4.52. The summed E-state index contributed by atoms with van der Waals surface area (Å²) in [6.45, 7) is 0. The lowest BCUT2D eigenvalue weighted by molar-refractivity contribution is -0.136. The van der Waals surface area contributed by atoms with E-state index in [9.17, 15) is 14.4 Å². The Hall–Kier alpha value is -2.02. The van der Waals surface area contributed by atoms with Crippen molar-refractivity contribution < 1.29 is 14.3 Å². The standard InChI is InChI=1S/C8H5ClN2O5/c9-5-2(1-3(12)13)4-6(14)10-8(15)11-7(4)16-5/h1H2,(H,12,13)(H2,10,11,14,15). The first-order chi connectivity index (χ1) is 7.49. The Bertz CT molecular complexity index is 680. The number of carboxylic acids is 1. The molecule has 0 fully saturated rings. The maximum Gasteiger partial charge on any atom is 0.328 e. The van der Waals surface area contributed by atoms with Crippen LogP contribution in [0.5, 0.6) is 0 Å². The first kappa shape index (κ1) is 10.5. The van der Waals surface area contributed by atoms with Gasteiger partial charge in [-0.2, -0.15) is 0 Å². The topological polar surface area (TPSA) is 116 Å². The van der Waals surface area contributed by atoms with E-state index in [1.807, 2.05) is 4.98 Å². The van der Waals surface area contributed by atoms with Crippen molar-refractivity contribution in [2.45, 2.75) is 6.42 Å². The molecule has 7 nitrogen and oxygen atoms in total. The Balaban J connectivity index is 2.84. The van der Waals surface area contributed by atoms with Gasteiger partial charge in [0, 0.05) is 5.56 Å². The Kier molecular flexibility index (Phi) is 2.31. The number of rotatable bonds is 2. The van der Waals surface area contributed by atoms with Gasteiger partial charge in [-0.3, -0.25) is 19.6 Å². The summed E-state index contributed by atoms with van der Waals surface area (Å²) in [6, 6.07) is 0. The molecule has 8 heteroatoms. The number of furan rings is 1. The van der Waals surface area contributed by atoms with Crippen LogP contribution in [0, 0.1) is 0 Å². The first-order valence-electron chi connectivity index (χ1n) is 4.14. The van der Waals surface area contributed by atoms with Gasteiger partial charge in [-0.1, -0.05) is 0 Å². The number of aromatic nitrogens is 2. The molecule has 2 aromatic rings. The maximum atomic E-state index is 11.4. The van der Waals surface area contributed by atoms with Crippen LogP contribution >= 0.6 is 11.6 Å². The van der Waals surface area contributed by atoms with Crippen molar-refractivity contribution >= 4 is 28.7 Å². The van der Waals surface area contributed by atoms with E-state index in [1.54, 1.807) is 0 Å². The van der Waals surface area contributed by atoms with Gasteiger partial charge in [0.2, 0.25) is 10.9 Å². The molecule has 0 radical (unpaired) electrons. The Morgan fingerprint density at radius 3 is 2.69 bits per heavy atom. The lowest BCUT2D eigenvalue weighted by Gasteiger charge is -1.91. The smallest absolute Gasteiger partial charge is 0.328 e. The number of fused-ring (bicyclic) bond motifs is 1. The molecule has 0 bridgehead atoms. The van der Waals surface area contributed by atoms with Crippen molar-refractivity contribution in [3.8, 4) is 0 Å². The highest BCUT2D eigenvalue weighted by molar-refractivity contribution is 6.31. The van der Waals surface area contributed by atoms with Crippen LogP contribution in [0.1, 0.15) is 5.56 Å². The normalized spacial score (nSPS) is 10.8. The summed E-state index contributed by atoms with van der Waals surface area (Å²) >= 11 is 5.63. The molecule has 0 aliphatic heterocycles. The number of aliphatic carboxylic acids is 1. The molecule has 0 saturated heterocycles. The van der Waals surface area contributed by atoms with Crippen LogP contribution in [0.3, 0.4) is 0 Å². The molecule has 0 amide bonds. The fourth-order valence-corrected chi connectivity index (χ4v) is 1.61. The predicted molar refractivity (Wildman–Crippen MR) is 53.8 cm³/mol. The highest BCUT2D eigenvalue weighted by Crippen LogP contribution is 2.25. The molecule has 0 saturated carbocycles. The Morgan fingerprint density at radius 2 is 2.06 bits per heavy atom. The number of carboxylic acid groups (broad SMARTS) is 1. The van der Waals surface area contributed by atoms with Crippen LogP contribution in [-0.2, 0) is 11.2 Å². The maximum absolute atomic E-state index is 11.4. The fourth-order valence-electron chi connectivity index (χ4n) is 1.37. The highest BCUT2D eigenvalue weighted by atomic mass is 35.5. The minimum atomic E-state index is -1.16. The van der Waals surface area contributed by atoms with Crippen LogP contribution in [0.4, 0.5) is 0 Å². The Morgan fingerprint density at radius 1 is 1.38 bits per heavy atom. The molecule has 0 atom stereocenters. The molecule has 0 aromatic carbocycles. The third-order valence-corrected chi connectivity index (χ3v) is 2.27. The van der Waals surface area contributed by atoms with Gasteiger partial charge in [0.25, 0.3) is 5.56 Å². The molecule has 0 aliphatic carbocycles. The summed E-state index contributed by atoms with van der Waals surface area (Å²) in [4.78, 5) is 37.1. The number of H-pyrrole nitrogens is 2. The van der Waals surface area contributed by atoms with Crippen molar-refractivity contribution in [2.75, 3.05) is 0 Å². The van der Waals surface area contributed by atoms with Gasteiger partial charge in [0.05, 0.1) is 6.42 Å². The Labute approximate surface area is 91.7 Å². The number of halogens is 1. The second kappa shape index (κ2) is 3.53. The van der Waals surface area contributed by atoms with E-state index in [4.69, 9.17) is 21.1 Å². The van der Waals surface area contributed by atoms with Crippen LogP contribution in [-0.4, -0.2) is 21.0 Å². The van der Waals surface area contributed by atoms with Crippen molar-refractivity contribution in [1.29, 1.82) is 0 Å². The minimum absolute atomic E-state index is 0.0432. The molecule has 0 unspecified atom stereocenters. The van der Waals surface area contributed by atoms with E-state index >= 15 is 0 Å². The molecule has 2 aromatic heterocycles. The number of hydrogen-bond donors (Lipinski definition) is 3. The van der Waals surface area contributed by atoms with E-state index in [1.165, 1.54) is 0 Å². The van der Waals surface area contributed by atoms with E-state index in [2.05, 4.69) is 4.98 Å². The zero-order valence-electron chi connectivity index (χ0n) is 7.67. The number of carbonyl (C=O) groups is 1. The zero-order chi connectivity index (χ0) is 11.9. The lowest BCUT2D eigenvalue weighted by atomic mass is 10.2. The highest BCUT2D eigenvalue weighted by Gasteiger charge is 2.18. The van der Waals surface area contributed by atoms with Gasteiger partial charge >= 0.3 is 11.7 Å². The quantitative estimate of drug-likeness (QED) is 0.692. The van der Waals surface area contributed by atoms with Crippen molar-refractivity contribution in [2.24, 2.45) is 0 Å². The predicted octanol–water partition coefficient (Wildman–Crippen LogP) is 0.0899. The van der Waals surface area contributed by atoms with Crippen molar-refractivity contribution in [3.63, 3.8) is 0 Å². The number of nitrogens with one attached hydrogen (secondary N) is 2. The van der Waals surface area contributed by atoms with Gasteiger partial charge in [-0.15, -0.1) is 0 Å². The van der Waals surface area contributed by atoms with E-state index in [-0.39, 0.29) is 21.9 Å². The third-order valence-electron chi connectivity index (χ3n) is 1.97. The molecule has 2 rings (SSSR count). The van der Waals surface area contributed by atoms with Crippen LogP contribution in [0.15, 0.2) is 14.0 Å². The molecule has 0 spiro atoms. The van der Waals surface area contributed by atoms with E-state index in [0.717, 1.165) is 0 Å². The molecular formula is C8H5ClN2O5. The lowest BCUT2D eigenvalue weighted by Crippen LogP contribution is -2.22. The van der Waals surface area contributed by atoms with E-state index in [0.29, 0.717) is 0 Å². The molecule has 3 N–H and O–H groups in total. The monoisotopic (exact) mass is 244 g/mol. The summed E-state index contributed by atoms with van der Waals surface area (Å²) in [7, 11) is 0. The summed E-state index contributed by atoms with van der Waals surface area (Å²) in [5.41, 5.74) is -1.56. The average molecular weight is 245 g/mol. The molecule has 0 aliphatic rings. The minimum Gasteiger partial charge on any atom is -0.481 e. The van der Waals surface area contributed by atoms with Gasteiger partial charge in [0.1, 0.15) is 5.39 Å². The summed E-state index contributed by atoms with van der Waals surface area (Å²) in [6.07, 6.45) is -0.457. The summed E-state index contributed by atoms with van der Waals surface area (Å²) in [5, 5.41) is 8.36.